The average molecular weight is 1840 g/mol. The van der Waals surface area contributed by atoms with E-state index in [1.165, 1.54) is 121 Å². The Morgan fingerprint density at radius 3 is 0.486 bits per heavy atom. The van der Waals surface area contributed by atoms with Crippen LogP contribution in [0.4, 0.5) is 98.8 Å². The van der Waals surface area contributed by atoms with E-state index in [1.54, 1.807) is 194 Å². The van der Waals surface area contributed by atoms with E-state index in [1.807, 2.05) is 0 Å². The second-order valence-electron chi connectivity index (χ2n) is 29.9. The van der Waals surface area contributed by atoms with Gasteiger partial charge in [0.05, 0.1) is 0 Å². The van der Waals surface area contributed by atoms with Crippen molar-refractivity contribution >= 4 is 151 Å². The number of anilines is 14. The molecule has 0 aliphatic heterocycles. The summed E-state index contributed by atoms with van der Waals surface area (Å²) in [6, 6.07) is 79.5. The second-order valence-corrected chi connectivity index (χ2v) is 29.9. The van der Waals surface area contributed by atoms with Gasteiger partial charge in [-0.2, -0.15) is 0 Å². The number of ether oxygens (including phenoxy) is 2. The largest absolute Gasteiger partial charge is 0.417 e. The number of hydrogen-bond donors (Lipinski definition) is 14. The van der Waals surface area contributed by atoms with Gasteiger partial charge in [0.1, 0.15) is 11.5 Å². The number of terminal acetylenes is 8. The zero-order valence-corrected chi connectivity index (χ0v) is 73.4. The molecule has 14 aromatic rings. The molecule has 0 heterocycles. The molecule has 14 aromatic carbocycles. The van der Waals surface area contributed by atoms with Gasteiger partial charge in [-0.25, -0.2) is 19.2 Å². The van der Waals surface area contributed by atoms with Crippen LogP contribution in [0.5, 0.6) is 11.5 Å². The Hall–Kier alpha value is -21.6. The highest BCUT2D eigenvalue weighted by Crippen LogP contribution is 2.30. The summed E-state index contributed by atoms with van der Waals surface area (Å²) in [5, 5.41) is 37.8. The first-order valence-electron chi connectivity index (χ1n) is 41.7. The van der Waals surface area contributed by atoms with Crippen LogP contribution in [0.25, 0.3) is 0 Å². The third-order valence-corrected chi connectivity index (χ3v) is 19.8. The lowest BCUT2D eigenvalue weighted by Crippen LogP contribution is -2.22. The monoisotopic (exact) mass is 1840 g/mol. The van der Waals surface area contributed by atoms with E-state index < -0.39 is 71.5 Å². The molecule has 0 bridgehead atoms. The molecule has 14 rings (SSSR count). The molecule has 140 heavy (non-hydrogen) atoms. The first kappa shape index (κ1) is 96.0. The van der Waals surface area contributed by atoms with Crippen molar-refractivity contribution in [3.8, 4) is 110 Å². The van der Waals surface area contributed by atoms with E-state index in [-0.39, 0.29) is 78.8 Å². The molecule has 0 saturated carbocycles. The minimum atomic E-state index is -0.991. The maximum atomic E-state index is 13.5. The quantitative estimate of drug-likeness (QED) is 0.0250. The van der Waals surface area contributed by atoms with Gasteiger partial charge in [0.15, 0.2) is 0 Å². The first-order valence-corrected chi connectivity index (χ1v) is 41.7. The van der Waals surface area contributed by atoms with Crippen LogP contribution in [0.15, 0.2) is 315 Å². The van der Waals surface area contributed by atoms with Gasteiger partial charge in [0.2, 0.25) is 0 Å². The van der Waals surface area contributed by atoms with E-state index >= 15 is 0 Å². The van der Waals surface area contributed by atoms with E-state index in [9.17, 15) is 57.5 Å². The summed E-state index contributed by atoms with van der Waals surface area (Å²) >= 11 is 0. The van der Waals surface area contributed by atoms with Gasteiger partial charge in [-0.15, -0.1) is 51.4 Å². The molecule has 0 aliphatic carbocycles. The summed E-state index contributed by atoms with van der Waals surface area (Å²) in [4.78, 5) is 161. The molecular formula is C112H74N14O14. The van der Waals surface area contributed by atoms with Crippen LogP contribution in [0.2, 0.25) is 0 Å². The number of nitrogens with one attached hydrogen (secondary N) is 14. The zero-order valence-electron chi connectivity index (χ0n) is 73.4. The normalized spacial score (nSPS) is 10.0. The molecule has 14 N–H and O–H groups in total. The predicted octanol–water partition coefficient (Wildman–Crippen LogP) is 19.8. The molecule has 676 valence electrons. The Kier molecular flexibility index (Phi) is 31.4. The van der Waals surface area contributed by atoms with Gasteiger partial charge < -0.3 is 73.3 Å². The van der Waals surface area contributed by atoms with Crippen LogP contribution < -0.4 is 83.9 Å². The maximum Gasteiger partial charge on any atom is 0.417 e. The summed E-state index contributed by atoms with van der Waals surface area (Å²) in [6.45, 7) is 0. The SMILES string of the molecule is C#Cc1cccc(NC(=O)c2cc(NC(=O)Nc3ccc(NC(=O)Nc4cc(C(=O)Nc5cccc(C#C)c5)cc(C(=O)Nc5cccc(C#C)c5)c4)cc3)cc(C(=O)Nc3cccc(C#C)c3)c2)c1.C#Cc1cccc(NC(=O)c2cc(NC(=O)Oc3ccc(OC(=O)Nc4cc(C(=O)Nc5cccc(C#C)c5)cc(C(=O)Nc5cccc(C#C)c5)c4)cc3)cc(C(=O)Nc3cccc(C#C)c3)c2)c1. The molecule has 0 aliphatic rings. The van der Waals surface area contributed by atoms with Gasteiger partial charge in [0.25, 0.3) is 47.3 Å². The van der Waals surface area contributed by atoms with Crippen molar-refractivity contribution in [1.29, 1.82) is 0 Å². The molecule has 0 spiro atoms. The Morgan fingerprint density at radius 1 is 0.164 bits per heavy atom. The maximum absolute atomic E-state index is 13.5. The van der Waals surface area contributed by atoms with E-state index in [2.05, 4.69) is 122 Å². The topological polar surface area (TPSA) is 392 Å². The standard InChI is InChI=1S/C56H38N8O6.C56H36N6O8/c1-5-35-13-9-17-45(25-35)57-51(65)39-29-40(52(66)58-46-18-10-14-36(6-2)26-46)32-49(31-39)63-55(69)61-43-21-23-44(24-22-43)62-56(70)64-50-33-41(53(67)59-47-19-11-15-37(7-3)27-47)30-42(34-50)54(68)60-48-20-12-16-38(8-4)28-48;1-5-35-13-9-17-43(25-35)57-51(63)39-29-40(52(64)58-44-18-10-14-36(6-2)26-44)32-47(31-39)61-55(67)69-49-21-23-50(24-22-49)70-56(68)62-48-33-41(53(65)59-45-19-11-15-37(7-3)27-45)30-42(34-48)54(66)60-46-20-12-16-38(8-4)28-46/h1-4,9-34H,(H,57,65)(H,58,66)(H,59,67)(H,60,68)(H2,61,63,69)(H2,62,64,70);1-4,9-34H,(H,57,63)(H,58,64)(H,59,65)(H,60,66)(H,61,67)(H,62,68). The lowest BCUT2D eigenvalue weighted by molar-refractivity contribution is 0.101. The van der Waals surface area contributed by atoms with Crippen molar-refractivity contribution in [1.82, 2.24) is 0 Å². The van der Waals surface area contributed by atoms with Gasteiger partial charge in [-0.05, 0) is 267 Å². The van der Waals surface area contributed by atoms with Gasteiger partial charge >= 0.3 is 24.2 Å². The molecule has 28 heteroatoms. The van der Waals surface area contributed by atoms with Crippen molar-refractivity contribution < 1.29 is 67.0 Å². The number of amides is 14. The number of carbonyl (C=O) groups is 12. The number of carbonyl (C=O) groups excluding carboxylic acids is 12. The predicted molar refractivity (Wildman–Crippen MR) is 542 cm³/mol. The van der Waals surface area contributed by atoms with Gasteiger partial charge in [0, 0.05) is 169 Å². The Balaban J connectivity index is 0.000000236. The van der Waals surface area contributed by atoms with Crippen molar-refractivity contribution in [2.24, 2.45) is 0 Å². The Bertz CT molecular complexity index is 6460. The second kappa shape index (κ2) is 45.8. The third-order valence-electron chi connectivity index (χ3n) is 19.8. The van der Waals surface area contributed by atoms with E-state index in [0.717, 1.165) is 0 Å². The number of urea groups is 2. The summed E-state index contributed by atoms with van der Waals surface area (Å²) < 4.78 is 10.9. The molecule has 0 saturated heterocycles. The fourth-order valence-corrected chi connectivity index (χ4v) is 13.3. The van der Waals surface area contributed by atoms with Crippen LogP contribution in [0.3, 0.4) is 0 Å². The Morgan fingerprint density at radius 2 is 0.321 bits per heavy atom. The van der Waals surface area contributed by atoms with Crippen molar-refractivity contribution in [2.75, 3.05) is 74.4 Å². The highest BCUT2D eigenvalue weighted by molar-refractivity contribution is 6.15. The highest BCUT2D eigenvalue weighted by atomic mass is 16.6. The third kappa shape index (κ3) is 27.3. The molecule has 0 radical (unpaired) electrons. The zero-order chi connectivity index (χ0) is 99.1. The van der Waals surface area contributed by atoms with Crippen LogP contribution in [-0.4, -0.2) is 71.5 Å². The highest BCUT2D eigenvalue weighted by Gasteiger charge is 2.24. The molecule has 28 nitrogen and oxygen atoms in total. The van der Waals surface area contributed by atoms with Crippen molar-refractivity contribution in [3.63, 3.8) is 0 Å². The number of rotatable bonds is 24. The fourth-order valence-electron chi connectivity index (χ4n) is 13.3. The summed E-state index contributed by atoms with van der Waals surface area (Å²) in [5.74, 6) is 15.3. The van der Waals surface area contributed by atoms with Crippen LogP contribution in [0, 0.1) is 98.8 Å². The van der Waals surface area contributed by atoms with Crippen LogP contribution in [-0.2, 0) is 0 Å². The minimum Gasteiger partial charge on any atom is -0.410 e. The lowest BCUT2D eigenvalue weighted by Gasteiger charge is -2.14. The lowest BCUT2D eigenvalue weighted by atomic mass is 10.1. The minimum absolute atomic E-state index is 0.0125. The molecule has 0 aromatic heterocycles. The van der Waals surface area contributed by atoms with Crippen LogP contribution in [0.1, 0.15) is 127 Å². The number of hydrogen-bond acceptors (Lipinski definition) is 14. The smallest absolute Gasteiger partial charge is 0.410 e. The van der Waals surface area contributed by atoms with Gasteiger partial charge in [-0.3, -0.25) is 49.0 Å². The first-order chi connectivity index (χ1) is 67.7. The summed E-state index contributed by atoms with van der Waals surface area (Å²) in [6.07, 6.45) is 42.2. The molecule has 0 unspecified atom stereocenters. The summed E-state index contributed by atoms with van der Waals surface area (Å²) in [7, 11) is 0. The van der Waals surface area contributed by atoms with Gasteiger partial charge in [-0.1, -0.05) is 95.9 Å². The molecule has 0 fully saturated rings. The van der Waals surface area contributed by atoms with Crippen molar-refractivity contribution in [2.45, 2.75) is 0 Å². The van der Waals surface area contributed by atoms with E-state index in [0.29, 0.717) is 101 Å². The summed E-state index contributed by atoms with van der Waals surface area (Å²) in [5.41, 5.74) is 8.72. The Labute approximate surface area is 802 Å². The van der Waals surface area contributed by atoms with Crippen LogP contribution >= 0.6 is 0 Å². The molecule has 14 amide bonds. The molecule has 0 atom stereocenters. The fraction of sp³-hybridized carbons (Fsp3) is 0. The average Bonchev–Trinajstić information content (AvgIpc) is 0.828. The van der Waals surface area contributed by atoms with E-state index in [4.69, 9.17) is 60.9 Å². The molecular weight excluding hydrogens is 1770 g/mol. The van der Waals surface area contributed by atoms with Crippen molar-refractivity contribution in [3.05, 3.63) is 404 Å². The number of benzene rings is 14.